The molecule has 2 rings (SSSR count). The molecule has 1 amide bonds. The van der Waals surface area contributed by atoms with E-state index in [0.29, 0.717) is 16.9 Å². The van der Waals surface area contributed by atoms with E-state index in [1.54, 1.807) is 19.1 Å². The van der Waals surface area contributed by atoms with Gasteiger partial charge in [0.1, 0.15) is 11.5 Å². The Kier molecular flexibility index (Phi) is 6.42. The number of benzene rings is 2. The molecule has 2 aromatic rings. The van der Waals surface area contributed by atoms with Crippen molar-refractivity contribution in [2.75, 3.05) is 6.61 Å². The smallest absolute Gasteiger partial charge is 0.277 e. The minimum atomic E-state index is -0.382. The second-order valence-corrected chi connectivity index (χ2v) is 7.93. The van der Waals surface area contributed by atoms with Crippen molar-refractivity contribution in [2.45, 2.75) is 33.1 Å². The number of hydrogen-bond acceptors (Lipinski definition) is 4. The van der Waals surface area contributed by atoms with Crippen LogP contribution in [0.5, 0.6) is 11.5 Å². The van der Waals surface area contributed by atoms with Crippen LogP contribution in [0.1, 0.15) is 37.5 Å². The van der Waals surface area contributed by atoms with E-state index in [1.807, 2.05) is 24.3 Å². The molecule has 0 aromatic heterocycles. The Morgan fingerprint density at radius 1 is 1.27 bits per heavy atom. The predicted octanol–water partition coefficient (Wildman–Crippen LogP) is 4.29. The zero-order valence-electron chi connectivity index (χ0n) is 15.3. The number of ether oxygens (including phenoxy) is 1. The molecule has 0 atom stereocenters. The predicted molar refractivity (Wildman–Crippen MR) is 107 cm³/mol. The van der Waals surface area contributed by atoms with E-state index in [9.17, 15) is 9.90 Å². The molecular weight excluding hydrogens is 396 g/mol. The van der Waals surface area contributed by atoms with Crippen molar-refractivity contribution in [3.8, 4) is 11.5 Å². The standard InChI is InChI=1S/C20H23BrN2O3/c1-13-9-16(21)10-14(19(13)25)11-22-23-18(24)12-26-17-7-5-15(6-8-17)20(2,3)4/h5-11,25H,12H2,1-4H3,(H,23,24). The lowest BCUT2D eigenvalue weighted by Gasteiger charge is -2.19. The van der Waals surface area contributed by atoms with Gasteiger partial charge in [0.2, 0.25) is 0 Å². The van der Waals surface area contributed by atoms with Crippen LogP contribution in [0.2, 0.25) is 0 Å². The van der Waals surface area contributed by atoms with Gasteiger partial charge in [-0.15, -0.1) is 0 Å². The summed E-state index contributed by atoms with van der Waals surface area (Å²) in [6, 6.07) is 11.2. The highest BCUT2D eigenvalue weighted by molar-refractivity contribution is 9.10. The van der Waals surface area contributed by atoms with Gasteiger partial charge in [-0.2, -0.15) is 5.10 Å². The van der Waals surface area contributed by atoms with Gasteiger partial charge >= 0.3 is 0 Å². The molecule has 0 aliphatic heterocycles. The number of halogens is 1. The third-order valence-electron chi connectivity index (χ3n) is 3.78. The molecule has 0 saturated carbocycles. The van der Waals surface area contributed by atoms with Crippen LogP contribution in [0.4, 0.5) is 0 Å². The maximum atomic E-state index is 11.8. The molecule has 0 aliphatic carbocycles. The van der Waals surface area contributed by atoms with Crippen molar-refractivity contribution >= 4 is 28.1 Å². The maximum Gasteiger partial charge on any atom is 0.277 e. The fraction of sp³-hybridized carbons (Fsp3) is 0.300. The van der Waals surface area contributed by atoms with Crippen LogP contribution in [-0.2, 0) is 10.2 Å². The summed E-state index contributed by atoms with van der Waals surface area (Å²) >= 11 is 3.36. The van der Waals surface area contributed by atoms with Crippen molar-refractivity contribution in [3.63, 3.8) is 0 Å². The van der Waals surface area contributed by atoms with Gasteiger partial charge in [-0.05, 0) is 47.7 Å². The second kappa shape index (κ2) is 8.36. The molecule has 0 radical (unpaired) electrons. The minimum absolute atomic E-state index is 0.0704. The number of carbonyl (C=O) groups excluding carboxylic acids is 1. The van der Waals surface area contributed by atoms with Crippen LogP contribution in [-0.4, -0.2) is 23.8 Å². The molecule has 0 unspecified atom stereocenters. The summed E-state index contributed by atoms with van der Waals surface area (Å²) in [6.07, 6.45) is 1.39. The van der Waals surface area contributed by atoms with Crippen molar-refractivity contribution in [3.05, 3.63) is 57.6 Å². The number of aryl methyl sites for hydroxylation is 1. The molecule has 2 aromatic carbocycles. The van der Waals surface area contributed by atoms with Gasteiger partial charge < -0.3 is 9.84 Å². The van der Waals surface area contributed by atoms with Crippen molar-refractivity contribution < 1.29 is 14.6 Å². The van der Waals surface area contributed by atoms with Gasteiger partial charge in [0.05, 0.1) is 6.21 Å². The number of hydrogen-bond donors (Lipinski definition) is 2. The largest absolute Gasteiger partial charge is 0.507 e. The van der Waals surface area contributed by atoms with Crippen molar-refractivity contribution in [1.29, 1.82) is 0 Å². The molecule has 26 heavy (non-hydrogen) atoms. The molecule has 0 aliphatic rings. The van der Waals surface area contributed by atoms with Gasteiger partial charge in [-0.3, -0.25) is 4.79 Å². The molecule has 0 heterocycles. The fourth-order valence-corrected chi connectivity index (χ4v) is 2.86. The fourth-order valence-electron chi connectivity index (χ4n) is 2.27. The zero-order valence-corrected chi connectivity index (χ0v) is 16.9. The molecule has 138 valence electrons. The molecule has 0 spiro atoms. The Morgan fingerprint density at radius 2 is 1.92 bits per heavy atom. The summed E-state index contributed by atoms with van der Waals surface area (Å²) in [7, 11) is 0. The van der Waals surface area contributed by atoms with E-state index in [-0.39, 0.29) is 23.7 Å². The average Bonchev–Trinajstić information content (AvgIpc) is 2.57. The van der Waals surface area contributed by atoms with Crippen LogP contribution in [0, 0.1) is 6.92 Å². The number of carbonyl (C=O) groups is 1. The lowest BCUT2D eigenvalue weighted by molar-refractivity contribution is -0.123. The first-order valence-corrected chi connectivity index (χ1v) is 9.00. The summed E-state index contributed by atoms with van der Waals surface area (Å²) in [6.45, 7) is 8.06. The first-order chi connectivity index (χ1) is 12.2. The number of phenols is 1. The van der Waals surface area contributed by atoms with Gasteiger partial charge in [0.25, 0.3) is 5.91 Å². The normalized spacial score (nSPS) is 11.6. The average molecular weight is 419 g/mol. The van der Waals surface area contributed by atoms with E-state index in [1.165, 1.54) is 11.8 Å². The molecule has 0 fully saturated rings. The molecular formula is C20H23BrN2O3. The SMILES string of the molecule is Cc1cc(Br)cc(C=NNC(=O)COc2ccc(C(C)(C)C)cc2)c1O. The van der Waals surface area contributed by atoms with Crippen LogP contribution in [0.3, 0.4) is 0 Å². The highest BCUT2D eigenvalue weighted by Crippen LogP contribution is 2.25. The van der Waals surface area contributed by atoms with Crippen LogP contribution < -0.4 is 10.2 Å². The van der Waals surface area contributed by atoms with Crippen molar-refractivity contribution in [2.24, 2.45) is 5.10 Å². The van der Waals surface area contributed by atoms with Crippen LogP contribution >= 0.6 is 15.9 Å². The van der Waals surface area contributed by atoms with E-state index < -0.39 is 0 Å². The summed E-state index contributed by atoms with van der Waals surface area (Å²) in [5.41, 5.74) is 4.88. The molecule has 5 nitrogen and oxygen atoms in total. The van der Waals surface area contributed by atoms with Gasteiger partial charge in [-0.25, -0.2) is 5.43 Å². The molecule has 0 bridgehead atoms. The topological polar surface area (TPSA) is 70.9 Å². The maximum absolute atomic E-state index is 11.8. The number of rotatable bonds is 5. The molecule has 0 saturated heterocycles. The summed E-state index contributed by atoms with van der Waals surface area (Å²) < 4.78 is 6.28. The Bertz CT molecular complexity index is 809. The third kappa shape index (κ3) is 5.59. The monoisotopic (exact) mass is 418 g/mol. The zero-order chi connectivity index (χ0) is 19.3. The van der Waals surface area contributed by atoms with Gasteiger partial charge in [0, 0.05) is 10.0 Å². The minimum Gasteiger partial charge on any atom is -0.507 e. The molecule has 6 heteroatoms. The van der Waals surface area contributed by atoms with Crippen LogP contribution in [0.25, 0.3) is 0 Å². The number of nitrogens with one attached hydrogen (secondary N) is 1. The first kappa shape index (κ1) is 20.0. The summed E-state index contributed by atoms with van der Waals surface area (Å²) in [5, 5.41) is 13.8. The number of hydrazone groups is 1. The number of amides is 1. The Labute approximate surface area is 162 Å². The number of phenolic OH excluding ortho intramolecular Hbond substituents is 1. The number of aromatic hydroxyl groups is 1. The van der Waals surface area contributed by atoms with Gasteiger partial charge in [-0.1, -0.05) is 48.8 Å². The Hall–Kier alpha value is -2.34. The van der Waals surface area contributed by atoms with E-state index in [0.717, 1.165) is 4.47 Å². The van der Waals surface area contributed by atoms with Gasteiger partial charge in [0.15, 0.2) is 6.61 Å². The number of nitrogens with zero attached hydrogens (tertiary/aromatic N) is 1. The second-order valence-electron chi connectivity index (χ2n) is 7.02. The first-order valence-electron chi connectivity index (χ1n) is 8.21. The van der Waals surface area contributed by atoms with E-state index in [2.05, 4.69) is 47.2 Å². The Balaban J connectivity index is 1.88. The van der Waals surface area contributed by atoms with Crippen molar-refractivity contribution in [1.82, 2.24) is 5.43 Å². The Morgan fingerprint density at radius 3 is 2.54 bits per heavy atom. The third-order valence-corrected chi connectivity index (χ3v) is 4.24. The lowest BCUT2D eigenvalue weighted by Crippen LogP contribution is -2.24. The quantitative estimate of drug-likeness (QED) is 0.561. The van der Waals surface area contributed by atoms with E-state index >= 15 is 0 Å². The highest BCUT2D eigenvalue weighted by Gasteiger charge is 2.13. The molecule has 2 N–H and O–H groups in total. The summed E-state index contributed by atoms with van der Waals surface area (Å²) in [4.78, 5) is 11.8. The van der Waals surface area contributed by atoms with Crippen LogP contribution in [0.15, 0.2) is 46.0 Å². The highest BCUT2D eigenvalue weighted by atomic mass is 79.9. The summed E-state index contributed by atoms with van der Waals surface area (Å²) in [5.74, 6) is 0.367. The van der Waals surface area contributed by atoms with E-state index in [4.69, 9.17) is 4.74 Å². The lowest BCUT2D eigenvalue weighted by atomic mass is 9.87.